The second kappa shape index (κ2) is 8.79. The van der Waals surface area contributed by atoms with E-state index in [2.05, 4.69) is 10.6 Å². The number of benzene rings is 2. The summed E-state index contributed by atoms with van der Waals surface area (Å²) >= 11 is 0. The summed E-state index contributed by atoms with van der Waals surface area (Å²) in [5, 5.41) is 14.8. The molecule has 0 unspecified atom stereocenters. The van der Waals surface area contributed by atoms with Crippen molar-refractivity contribution in [1.82, 2.24) is 5.32 Å². The van der Waals surface area contributed by atoms with Crippen LogP contribution in [-0.2, 0) is 13.2 Å². The van der Waals surface area contributed by atoms with Crippen LogP contribution in [0.5, 0.6) is 17.2 Å². The van der Waals surface area contributed by atoms with Crippen molar-refractivity contribution < 1.29 is 24.1 Å². The predicted octanol–water partition coefficient (Wildman–Crippen LogP) is 2.53. The van der Waals surface area contributed by atoms with Gasteiger partial charge in [-0.05, 0) is 11.1 Å². The predicted molar refractivity (Wildman–Crippen MR) is 94.3 cm³/mol. The zero-order valence-electron chi connectivity index (χ0n) is 14.5. The van der Waals surface area contributed by atoms with E-state index < -0.39 is 0 Å². The van der Waals surface area contributed by atoms with E-state index in [1.807, 2.05) is 24.3 Å². The Kier molecular flexibility index (Phi) is 6.47. The van der Waals surface area contributed by atoms with E-state index in [4.69, 9.17) is 14.2 Å². The zero-order valence-corrected chi connectivity index (χ0v) is 14.5. The number of hydrogen-bond acceptors (Lipinski definition) is 5. The van der Waals surface area contributed by atoms with E-state index >= 15 is 0 Å². The first-order valence-corrected chi connectivity index (χ1v) is 7.65. The van der Waals surface area contributed by atoms with Crippen molar-refractivity contribution in [2.75, 3.05) is 26.6 Å². The lowest BCUT2D eigenvalue weighted by atomic mass is 10.1. The number of amides is 2. The minimum absolute atomic E-state index is 0.0770. The van der Waals surface area contributed by atoms with E-state index in [-0.39, 0.29) is 12.6 Å². The van der Waals surface area contributed by atoms with Crippen LogP contribution < -0.4 is 24.8 Å². The third kappa shape index (κ3) is 4.54. The fourth-order valence-electron chi connectivity index (χ4n) is 2.39. The van der Waals surface area contributed by atoms with Gasteiger partial charge < -0.3 is 30.0 Å². The highest BCUT2D eigenvalue weighted by Gasteiger charge is 2.14. The fourth-order valence-corrected chi connectivity index (χ4v) is 2.39. The normalized spacial score (nSPS) is 10.1. The highest BCUT2D eigenvalue weighted by Crippen LogP contribution is 2.39. The molecular weight excluding hydrogens is 324 g/mol. The van der Waals surface area contributed by atoms with Crippen LogP contribution in [0.15, 0.2) is 36.4 Å². The molecule has 0 spiro atoms. The summed E-state index contributed by atoms with van der Waals surface area (Å²) in [4.78, 5) is 12.1. The fraction of sp³-hybridized carbons (Fsp3) is 0.278. The standard InChI is InChI=1S/C18H22N2O5/c1-23-15-8-14(9-16(24-2)17(15)25-3)20-18(22)19-10-12-6-4-5-7-13(12)11-21/h4-9,21H,10-11H2,1-3H3,(H2,19,20,22). The number of urea groups is 1. The number of aliphatic hydroxyl groups excluding tert-OH is 1. The smallest absolute Gasteiger partial charge is 0.319 e. The molecule has 0 radical (unpaired) electrons. The maximum absolute atomic E-state index is 12.1. The van der Waals surface area contributed by atoms with Crippen molar-refractivity contribution in [2.24, 2.45) is 0 Å². The van der Waals surface area contributed by atoms with Gasteiger partial charge >= 0.3 is 6.03 Å². The van der Waals surface area contributed by atoms with Gasteiger partial charge in [0, 0.05) is 18.7 Å². The second-order valence-corrected chi connectivity index (χ2v) is 5.15. The molecular formula is C18H22N2O5. The van der Waals surface area contributed by atoms with Crippen LogP contribution in [0.4, 0.5) is 10.5 Å². The lowest BCUT2D eigenvalue weighted by Crippen LogP contribution is -2.28. The minimum Gasteiger partial charge on any atom is -0.493 e. The average molecular weight is 346 g/mol. The lowest BCUT2D eigenvalue weighted by Gasteiger charge is -2.15. The van der Waals surface area contributed by atoms with Gasteiger partial charge in [0.2, 0.25) is 5.75 Å². The zero-order chi connectivity index (χ0) is 18.2. The molecule has 0 aliphatic heterocycles. The summed E-state index contributed by atoms with van der Waals surface area (Å²) in [7, 11) is 4.53. The number of carbonyl (C=O) groups excluding carboxylic acids is 1. The van der Waals surface area contributed by atoms with Crippen molar-refractivity contribution in [3.63, 3.8) is 0 Å². The Balaban J connectivity index is 2.07. The summed E-state index contributed by atoms with van der Waals surface area (Å²) in [5.74, 6) is 1.35. The number of carbonyl (C=O) groups is 1. The van der Waals surface area contributed by atoms with Gasteiger partial charge in [-0.2, -0.15) is 0 Å². The molecule has 0 atom stereocenters. The molecule has 0 aliphatic rings. The highest BCUT2D eigenvalue weighted by molar-refractivity contribution is 5.90. The number of methoxy groups -OCH3 is 3. The molecule has 2 aromatic carbocycles. The number of aliphatic hydroxyl groups is 1. The molecule has 134 valence electrons. The van der Waals surface area contributed by atoms with Crippen LogP contribution >= 0.6 is 0 Å². The third-order valence-corrected chi connectivity index (χ3v) is 3.65. The molecule has 7 nitrogen and oxygen atoms in total. The molecule has 2 amide bonds. The van der Waals surface area contributed by atoms with E-state index in [0.29, 0.717) is 29.5 Å². The Hall–Kier alpha value is -2.93. The van der Waals surface area contributed by atoms with Crippen molar-refractivity contribution in [3.05, 3.63) is 47.5 Å². The van der Waals surface area contributed by atoms with E-state index in [1.54, 1.807) is 12.1 Å². The highest BCUT2D eigenvalue weighted by atomic mass is 16.5. The van der Waals surface area contributed by atoms with Gasteiger partial charge in [-0.15, -0.1) is 0 Å². The summed E-state index contributed by atoms with van der Waals surface area (Å²) < 4.78 is 15.8. The SMILES string of the molecule is COc1cc(NC(=O)NCc2ccccc2CO)cc(OC)c1OC. The third-order valence-electron chi connectivity index (χ3n) is 3.65. The van der Waals surface area contributed by atoms with Crippen LogP contribution in [-0.4, -0.2) is 32.5 Å². The first-order valence-electron chi connectivity index (χ1n) is 7.65. The number of nitrogens with one attached hydrogen (secondary N) is 2. The first kappa shape index (κ1) is 18.4. The molecule has 0 aromatic heterocycles. The number of anilines is 1. The molecule has 2 aromatic rings. The quantitative estimate of drug-likeness (QED) is 0.717. The van der Waals surface area contributed by atoms with Crippen LogP contribution in [0.3, 0.4) is 0 Å². The van der Waals surface area contributed by atoms with Crippen LogP contribution in [0.25, 0.3) is 0 Å². The van der Waals surface area contributed by atoms with Gasteiger partial charge in [-0.25, -0.2) is 4.79 Å². The first-order chi connectivity index (χ1) is 12.1. The molecule has 0 saturated heterocycles. The maximum atomic E-state index is 12.1. The molecule has 0 aliphatic carbocycles. The van der Waals surface area contributed by atoms with E-state index in [9.17, 15) is 9.90 Å². The van der Waals surface area contributed by atoms with Crippen molar-refractivity contribution >= 4 is 11.7 Å². The molecule has 0 bridgehead atoms. The van der Waals surface area contributed by atoms with Crippen LogP contribution in [0, 0.1) is 0 Å². The molecule has 7 heteroatoms. The minimum atomic E-state index is -0.387. The number of rotatable bonds is 7. The van der Waals surface area contributed by atoms with Gasteiger partial charge in [0.05, 0.1) is 33.6 Å². The van der Waals surface area contributed by atoms with Gasteiger partial charge in [-0.1, -0.05) is 24.3 Å². The van der Waals surface area contributed by atoms with Crippen LogP contribution in [0.1, 0.15) is 11.1 Å². The van der Waals surface area contributed by atoms with Crippen molar-refractivity contribution in [2.45, 2.75) is 13.2 Å². The summed E-state index contributed by atoms with van der Waals surface area (Å²) in [5.41, 5.74) is 2.13. The van der Waals surface area contributed by atoms with Crippen molar-refractivity contribution in [3.8, 4) is 17.2 Å². The summed E-state index contributed by atoms with van der Waals surface area (Å²) in [6.45, 7) is 0.222. The monoisotopic (exact) mass is 346 g/mol. The van der Waals surface area contributed by atoms with Gasteiger partial charge in [0.15, 0.2) is 11.5 Å². The Morgan fingerprint density at radius 2 is 1.60 bits per heavy atom. The largest absolute Gasteiger partial charge is 0.493 e. The summed E-state index contributed by atoms with van der Waals surface area (Å²) in [6.07, 6.45) is 0. The molecule has 25 heavy (non-hydrogen) atoms. The average Bonchev–Trinajstić information content (AvgIpc) is 2.65. The van der Waals surface area contributed by atoms with Crippen molar-refractivity contribution in [1.29, 1.82) is 0 Å². The second-order valence-electron chi connectivity index (χ2n) is 5.15. The number of ether oxygens (including phenoxy) is 3. The van der Waals surface area contributed by atoms with Gasteiger partial charge in [0.25, 0.3) is 0 Å². The molecule has 0 heterocycles. The van der Waals surface area contributed by atoms with Crippen LogP contribution in [0.2, 0.25) is 0 Å². The number of hydrogen-bond donors (Lipinski definition) is 3. The topological polar surface area (TPSA) is 89.1 Å². The molecule has 0 saturated carbocycles. The van der Waals surface area contributed by atoms with Gasteiger partial charge in [-0.3, -0.25) is 0 Å². The summed E-state index contributed by atoms with van der Waals surface area (Å²) in [6, 6.07) is 10.3. The Bertz CT molecular complexity index is 708. The molecule has 0 fully saturated rings. The van der Waals surface area contributed by atoms with E-state index in [1.165, 1.54) is 21.3 Å². The molecule has 3 N–H and O–H groups in total. The lowest BCUT2D eigenvalue weighted by molar-refractivity contribution is 0.251. The maximum Gasteiger partial charge on any atom is 0.319 e. The Labute approximate surface area is 146 Å². The molecule has 2 rings (SSSR count). The van der Waals surface area contributed by atoms with E-state index in [0.717, 1.165) is 11.1 Å². The Morgan fingerprint density at radius 1 is 1.00 bits per heavy atom. The Morgan fingerprint density at radius 3 is 2.12 bits per heavy atom. The van der Waals surface area contributed by atoms with Gasteiger partial charge in [0.1, 0.15) is 0 Å².